The number of para-hydroxylation sites is 2. The van der Waals surface area contributed by atoms with Gasteiger partial charge in [-0.1, -0.05) is 170 Å². The standard InChI is InChI=1S/C51H33N5/c1-4-14-33(15-5-1)34-24-26-37(27-25-34)50-52-49(36-18-8-3-9-19-36)53-51-54(50)38-28-29-39(35-16-6-2-7-17-35)46(32-38)55-44-22-12-10-20-40(44)42-30-31-43-41-21-11-13-23-45(41)56(51)48(43)47(42)55/h1-32,50H. The lowest BCUT2D eigenvalue weighted by Gasteiger charge is -2.24. The second kappa shape index (κ2) is 12.0. The van der Waals surface area contributed by atoms with Gasteiger partial charge in [-0.2, -0.15) is 4.99 Å². The minimum absolute atomic E-state index is 0.414. The molecule has 0 saturated carbocycles. The third-order valence-corrected chi connectivity index (χ3v) is 11.5. The van der Waals surface area contributed by atoms with Crippen molar-refractivity contribution in [1.29, 1.82) is 0 Å². The molecule has 0 amide bonds. The first kappa shape index (κ1) is 30.9. The number of hydrogen-bond acceptors (Lipinski definition) is 2. The fourth-order valence-corrected chi connectivity index (χ4v) is 8.98. The molecular weight excluding hydrogens is 683 g/mol. The van der Waals surface area contributed by atoms with Crippen molar-refractivity contribution < 1.29 is 0 Å². The predicted molar refractivity (Wildman–Crippen MR) is 230 cm³/mol. The van der Waals surface area contributed by atoms with E-state index in [2.05, 4.69) is 201 Å². The molecule has 5 heteroatoms. The Morgan fingerprint density at radius 2 is 0.929 bits per heavy atom. The normalized spacial score (nSPS) is 14.1. The van der Waals surface area contributed by atoms with Crippen molar-refractivity contribution in [2.45, 2.75) is 6.17 Å². The van der Waals surface area contributed by atoms with Gasteiger partial charge in [0.1, 0.15) is 0 Å². The van der Waals surface area contributed by atoms with Crippen molar-refractivity contribution in [2.75, 3.05) is 0 Å². The van der Waals surface area contributed by atoms with E-state index >= 15 is 0 Å². The molecule has 56 heavy (non-hydrogen) atoms. The number of hydrogen-bond donors (Lipinski definition) is 0. The zero-order valence-corrected chi connectivity index (χ0v) is 30.3. The van der Waals surface area contributed by atoms with Gasteiger partial charge < -0.3 is 4.40 Å². The van der Waals surface area contributed by atoms with Crippen LogP contribution >= 0.6 is 0 Å². The summed E-state index contributed by atoms with van der Waals surface area (Å²) in [6, 6.07) is 69.6. The molecule has 0 fully saturated rings. The molecule has 12 rings (SSSR count). The van der Waals surface area contributed by atoms with Gasteiger partial charge in [0.05, 0.1) is 27.6 Å². The van der Waals surface area contributed by atoms with Crippen LogP contribution in [0.3, 0.4) is 0 Å². The van der Waals surface area contributed by atoms with Crippen LogP contribution in [0.1, 0.15) is 17.3 Å². The van der Waals surface area contributed by atoms with Gasteiger partial charge in [0, 0.05) is 38.2 Å². The first-order valence-electron chi connectivity index (χ1n) is 19.1. The van der Waals surface area contributed by atoms with Crippen LogP contribution < -0.4 is 5.62 Å². The lowest BCUT2D eigenvalue weighted by atomic mass is 10.0. The molecule has 1 unspecified atom stereocenters. The predicted octanol–water partition coefficient (Wildman–Crippen LogP) is 11.8. The van der Waals surface area contributed by atoms with Crippen LogP contribution in [0, 0.1) is 0 Å². The van der Waals surface area contributed by atoms with Gasteiger partial charge in [0.15, 0.2) is 12.0 Å². The van der Waals surface area contributed by atoms with Gasteiger partial charge in [-0.05, 0) is 46.5 Å². The second-order valence-corrected chi connectivity index (χ2v) is 14.6. The van der Waals surface area contributed by atoms with Gasteiger partial charge in [0.25, 0.3) is 0 Å². The van der Waals surface area contributed by atoms with E-state index in [1.807, 2.05) is 6.07 Å². The Bertz CT molecular complexity index is 3440. The highest BCUT2D eigenvalue weighted by molar-refractivity contribution is 6.23. The largest absolute Gasteiger partial charge is 0.306 e. The number of aliphatic imine (C=N–C) groups is 1. The van der Waals surface area contributed by atoms with Gasteiger partial charge in [-0.25, -0.2) is 4.99 Å². The lowest BCUT2D eigenvalue weighted by molar-refractivity contribution is 0.573. The maximum Gasteiger partial charge on any atom is 0.219 e. The SMILES string of the molecule is c1ccc(C2=NC(c3ccc(-c4ccccc4)cc3)n3c(n4c5ccccc5c5ccc6c7ccccc7n(c7cc3ccc7-c3ccccc3)c6c54)=N2)cc1. The molecule has 0 N–H and O–H groups in total. The van der Waals surface area contributed by atoms with Crippen LogP contribution in [0.25, 0.3) is 76.9 Å². The van der Waals surface area contributed by atoms with E-state index in [0.717, 1.165) is 61.0 Å². The Morgan fingerprint density at radius 1 is 0.393 bits per heavy atom. The van der Waals surface area contributed by atoms with Gasteiger partial charge in [-0.15, -0.1) is 0 Å². The smallest absolute Gasteiger partial charge is 0.219 e. The number of benzene rings is 8. The average Bonchev–Trinajstić information content (AvgIpc) is 3.80. The second-order valence-electron chi connectivity index (χ2n) is 14.6. The molecule has 8 aromatic carbocycles. The number of fused-ring (bicyclic) bond motifs is 12. The number of rotatable bonds is 4. The minimum atomic E-state index is -0.414. The molecule has 1 aliphatic rings. The van der Waals surface area contributed by atoms with E-state index in [4.69, 9.17) is 9.98 Å². The summed E-state index contributed by atoms with van der Waals surface area (Å²) in [5.41, 5.74) is 14.2. The van der Waals surface area contributed by atoms with Gasteiger partial charge >= 0.3 is 0 Å². The van der Waals surface area contributed by atoms with E-state index in [9.17, 15) is 0 Å². The molecule has 0 aliphatic carbocycles. The third kappa shape index (κ3) is 4.49. The van der Waals surface area contributed by atoms with Crippen LogP contribution in [0.4, 0.5) is 0 Å². The zero-order valence-electron chi connectivity index (χ0n) is 30.3. The number of nitrogens with zero attached hydrogens (tertiary/aromatic N) is 5. The minimum Gasteiger partial charge on any atom is -0.306 e. The Hall–Kier alpha value is -7.50. The molecule has 5 nitrogen and oxygen atoms in total. The summed E-state index contributed by atoms with van der Waals surface area (Å²) >= 11 is 0. The molecule has 0 radical (unpaired) electrons. The Kier molecular flexibility index (Phi) is 6.63. The zero-order chi connectivity index (χ0) is 36.7. The first-order chi connectivity index (χ1) is 27.8. The Morgan fingerprint density at radius 3 is 1.59 bits per heavy atom. The highest BCUT2D eigenvalue weighted by atomic mass is 15.3. The van der Waals surface area contributed by atoms with E-state index in [0.29, 0.717) is 5.84 Å². The average molecular weight is 716 g/mol. The van der Waals surface area contributed by atoms with Crippen LogP contribution in [0.2, 0.25) is 0 Å². The molecule has 2 bridgehead atoms. The van der Waals surface area contributed by atoms with Crippen LogP contribution in [0.5, 0.6) is 0 Å². The Labute approximate surface area is 322 Å². The summed E-state index contributed by atoms with van der Waals surface area (Å²) in [7, 11) is 0. The molecular formula is C51H33N5. The molecule has 4 heterocycles. The van der Waals surface area contributed by atoms with E-state index in [-0.39, 0.29) is 0 Å². The Balaban J connectivity index is 1.33. The summed E-state index contributed by atoms with van der Waals surface area (Å²) in [5, 5.41) is 4.79. The summed E-state index contributed by atoms with van der Waals surface area (Å²) in [4.78, 5) is 11.1. The third-order valence-electron chi connectivity index (χ3n) is 11.5. The highest BCUT2D eigenvalue weighted by Crippen LogP contribution is 2.40. The summed E-state index contributed by atoms with van der Waals surface area (Å²) in [6.07, 6.45) is -0.414. The first-order valence-corrected chi connectivity index (χ1v) is 19.1. The number of amidine groups is 1. The fourth-order valence-electron chi connectivity index (χ4n) is 8.98. The fraction of sp³-hybridized carbons (Fsp3) is 0.0196. The molecule has 3 aromatic heterocycles. The maximum atomic E-state index is 5.60. The van der Waals surface area contributed by atoms with Crippen molar-refractivity contribution >= 4 is 60.5 Å². The van der Waals surface area contributed by atoms with E-state index in [1.54, 1.807) is 0 Å². The van der Waals surface area contributed by atoms with Gasteiger partial charge in [0.2, 0.25) is 5.62 Å². The summed E-state index contributed by atoms with van der Waals surface area (Å²) in [6.45, 7) is 0. The van der Waals surface area contributed by atoms with Crippen molar-refractivity contribution in [2.24, 2.45) is 9.98 Å². The summed E-state index contributed by atoms with van der Waals surface area (Å²) in [5.74, 6) is 0.702. The van der Waals surface area contributed by atoms with Gasteiger partial charge in [-0.3, -0.25) is 8.97 Å². The van der Waals surface area contributed by atoms with E-state index < -0.39 is 6.17 Å². The van der Waals surface area contributed by atoms with Crippen molar-refractivity contribution in [3.05, 3.63) is 211 Å². The molecule has 262 valence electrons. The summed E-state index contributed by atoms with van der Waals surface area (Å²) < 4.78 is 7.25. The van der Waals surface area contributed by atoms with Crippen LogP contribution in [0.15, 0.2) is 204 Å². The molecule has 11 aromatic rings. The molecule has 0 saturated heterocycles. The maximum absolute atomic E-state index is 5.60. The van der Waals surface area contributed by atoms with Crippen molar-refractivity contribution in [3.8, 4) is 22.3 Å². The van der Waals surface area contributed by atoms with Crippen LogP contribution in [-0.4, -0.2) is 19.2 Å². The van der Waals surface area contributed by atoms with Crippen LogP contribution in [-0.2, 0) is 0 Å². The monoisotopic (exact) mass is 715 g/mol. The van der Waals surface area contributed by atoms with E-state index in [1.165, 1.54) is 32.7 Å². The molecule has 1 aliphatic heterocycles. The lowest BCUT2D eigenvalue weighted by Crippen LogP contribution is -2.34. The topological polar surface area (TPSA) is 38.5 Å². The molecule has 0 spiro atoms. The van der Waals surface area contributed by atoms with Crippen molar-refractivity contribution in [3.63, 3.8) is 0 Å². The highest BCUT2D eigenvalue weighted by Gasteiger charge is 2.26. The van der Waals surface area contributed by atoms with Crippen molar-refractivity contribution in [1.82, 2.24) is 13.4 Å². The quantitative estimate of drug-likeness (QED) is 0.174. The number of aromatic nitrogens is 3. The molecule has 1 atom stereocenters.